The zero-order chi connectivity index (χ0) is 26.6. The van der Waals surface area contributed by atoms with Crippen LogP contribution in [-0.2, 0) is 11.2 Å². The highest BCUT2D eigenvalue weighted by Gasteiger charge is 2.48. The molecule has 5 rings (SSSR count). The molecular weight excluding hydrogens is 476 g/mol. The van der Waals surface area contributed by atoms with E-state index in [1.165, 1.54) is 42.0 Å². The summed E-state index contributed by atoms with van der Waals surface area (Å²) in [4.78, 5) is 0. The number of allylic oxidation sites excluding steroid dienone is 2. The van der Waals surface area contributed by atoms with Crippen molar-refractivity contribution in [2.45, 2.75) is 82.1 Å². The molecule has 3 unspecified atom stereocenters. The molecule has 3 atom stereocenters. The van der Waals surface area contributed by atoms with Crippen molar-refractivity contribution in [3.05, 3.63) is 118 Å². The van der Waals surface area contributed by atoms with Crippen LogP contribution in [-0.4, -0.2) is 20.3 Å². The smallest absolute Gasteiger partial charge is 0.0748 e. The zero-order valence-corrected chi connectivity index (χ0v) is 24.8. The van der Waals surface area contributed by atoms with Crippen LogP contribution in [0.15, 0.2) is 90.5 Å². The van der Waals surface area contributed by atoms with Crippen LogP contribution in [0.1, 0.15) is 85.4 Å². The van der Waals surface area contributed by atoms with Crippen LogP contribution in [0.5, 0.6) is 0 Å². The van der Waals surface area contributed by atoms with Crippen molar-refractivity contribution in [3.63, 3.8) is 0 Å². The van der Waals surface area contributed by atoms with Gasteiger partial charge < -0.3 is 4.74 Å². The second-order valence-corrected chi connectivity index (χ2v) is 17.3. The SMILES string of the molecule is CC(C)(C)OCCCCCC[Si](C)(C1C=Cc2ccccc21)C1C(Cc2ccccc2)=Cc2ccccc21. The highest BCUT2D eigenvalue weighted by atomic mass is 28.3. The molecule has 198 valence electrons. The van der Waals surface area contributed by atoms with Crippen molar-refractivity contribution in [1.29, 1.82) is 0 Å². The van der Waals surface area contributed by atoms with E-state index in [4.69, 9.17) is 4.74 Å². The molecule has 0 bridgehead atoms. The van der Waals surface area contributed by atoms with Crippen LogP contribution in [0.3, 0.4) is 0 Å². The first-order valence-electron chi connectivity index (χ1n) is 14.6. The Kier molecular flexibility index (Phi) is 8.21. The molecule has 2 aliphatic carbocycles. The van der Waals surface area contributed by atoms with Gasteiger partial charge in [0.1, 0.15) is 0 Å². The second-order valence-electron chi connectivity index (χ2n) is 12.5. The van der Waals surface area contributed by atoms with Gasteiger partial charge in [-0.15, -0.1) is 0 Å². The molecule has 0 spiro atoms. The van der Waals surface area contributed by atoms with E-state index in [0.717, 1.165) is 19.4 Å². The summed E-state index contributed by atoms with van der Waals surface area (Å²) in [7, 11) is -1.89. The fourth-order valence-electron chi connectivity index (χ4n) is 6.80. The van der Waals surface area contributed by atoms with Gasteiger partial charge in [0.15, 0.2) is 0 Å². The Bertz CT molecular complexity index is 1280. The van der Waals surface area contributed by atoms with Gasteiger partial charge in [0.05, 0.1) is 13.7 Å². The quantitative estimate of drug-likeness (QED) is 0.181. The molecule has 0 radical (unpaired) electrons. The largest absolute Gasteiger partial charge is 0.376 e. The maximum Gasteiger partial charge on any atom is 0.0748 e. The van der Waals surface area contributed by atoms with Gasteiger partial charge in [-0.25, -0.2) is 0 Å². The van der Waals surface area contributed by atoms with E-state index in [-0.39, 0.29) is 5.60 Å². The minimum absolute atomic E-state index is 0.0367. The summed E-state index contributed by atoms with van der Waals surface area (Å²) in [5.41, 5.74) is 10.1. The number of ether oxygens (including phenoxy) is 1. The van der Waals surface area contributed by atoms with Crippen LogP contribution >= 0.6 is 0 Å². The van der Waals surface area contributed by atoms with Gasteiger partial charge >= 0.3 is 0 Å². The number of rotatable bonds is 11. The van der Waals surface area contributed by atoms with Crippen LogP contribution in [0.4, 0.5) is 0 Å². The Labute approximate surface area is 231 Å². The van der Waals surface area contributed by atoms with Crippen molar-refractivity contribution < 1.29 is 4.74 Å². The first kappa shape index (κ1) is 26.9. The lowest BCUT2D eigenvalue weighted by molar-refractivity contribution is -0.00471. The molecule has 0 saturated carbocycles. The lowest BCUT2D eigenvalue weighted by Crippen LogP contribution is -2.45. The predicted octanol–water partition coefficient (Wildman–Crippen LogP) is 9.75. The molecule has 3 aromatic rings. The molecule has 1 nitrogen and oxygen atoms in total. The average molecular weight is 521 g/mol. The van der Waals surface area contributed by atoms with Crippen molar-refractivity contribution >= 4 is 20.2 Å². The van der Waals surface area contributed by atoms with Crippen molar-refractivity contribution in [1.82, 2.24) is 0 Å². The van der Waals surface area contributed by atoms with E-state index < -0.39 is 8.07 Å². The highest BCUT2D eigenvalue weighted by Crippen LogP contribution is 2.52. The fourth-order valence-corrected chi connectivity index (χ4v) is 12.3. The second kappa shape index (κ2) is 11.6. The van der Waals surface area contributed by atoms with Crippen molar-refractivity contribution in [2.75, 3.05) is 6.61 Å². The molecule has 0 fully saturated rings. The van der Waals surface area contributed by atoms with Crippen molar-refractivity contribution in [3.8, 4) is 0 Å². The number of fused-ring (bicyclic) bond motifs is 2. The molecule has 3 aromatic carbocycles. The van der Waals surface area contributed by atoms with Crippen LogP contribution < -0.4 is 0 Å². The van der Waals surface area contributed by atoms with E-state index in [1.807, 2.05) is 0 Å². The third-order valence-electron chi connectivity index (χ3n) is 8.58. The van der Waals surface area contributed by atoms with E-state index in [0.29, 0.717) is 11.1 Å². The molecule has 0 N–H and O–H groups in total. The number of unbranched alkanes of at least 4 members (excludes halogenated alkanes) is 3. The van der Waals surface area contributed by atoms with Crippen LogP contribution in [0.2, 0.25) is 12.6 Å². The zero-order valence-electron chi connectivity index (χ0n) is 23.8. The Morgan fingerprint density at radius 2 is 1.39 bits per heavy atom. The van der Waals surface area contributed by atoms with E-state index in [1.54, 1.807) is 16.7 Å². The first-order valence-corrected chi connectivity index (χ1v) is 17.5. The monoisotopic (exact) mass is 520 g/mol. The summed E-state index contributed by atoms with van der Waals surface area (Å²) in [6, 6.07) is 30.8. The topological polar surface area (TPSA) is 9.23 Å². The van der Waals surface area contributed by atoms with Gasteiger partial charge in [-0.1, -0.05) is 135 Å². The molecule has 0 amide bonds. The molecule has 0 saturated heterocycles. The van der Waals surface area contributed by atoms with Crippen LogP contribution in [0.25, 0.3) is 12.2 Å². The van der Waals surface area contributed by atoms with Gasteiger partial charge in [-0.3, -0.25) is 0 Å². The van der Waals surface area contributed by atoms with Gasteiger partial charge in [0.25, 0.3) is 0 Å². The Morgan fingerprint density at radius 3 is 2.16 bits per heavy atom. The van der Waals surface area contributed by atoms with Crippen molar-refractivity contribution in [2.24, 2.45) is 0 Å². The number of benzene rings is 3. The summed E-state index contributed by atoms with van der Waals surface area (Å²) in [6.45, 7) is 10.0. The van der Waals surface area contributed by atoms with Gasteiger partial charge in [0.2, 0.25) is 0 Å². The average Bonchev–Trinajstić information content (AvgIpc) is 3.50. The normalized spacial score (nSPS) is 19.6. The molecule has 2 heteroatoms. The fraction of sp³-hybridized carbons (Fsp3) is 0.389. The molecule has 0 heterocycles. The van der Waals surface area contributed by atoms with E-state index in [9.17, 15) is 0 Å². The summed E-state index contributed by atoms with van der Waals surface area (Å²) in [6.07, 6.45) is 13.6. The number of hydrogen-bond acceptors (Lipinski definition) is 1. The first-order chi connectivity index (χ1) is 18.4. The van der Waals surface area contributed by atoms with Gasteiger partial charge in [0, 0.05) is 12.1 Å². The maximum absolute atomic E-state index is 5.98. The summed E-state index contributed by atoms with van der Waals surface area (Å²) < 4.78 is 5.98. The van der Waals surface area contributed by atoms with Gasteiger partial charge in [-0.2, -0.15) is 0 Å². The third kappa shape index (κ3) is 5.97. The standard InChI is InChI=1S/C36H44OSi/c1-36(2,3)37-24-14-5-6-15-25-38(4,34-23-22-29-18-10-12-20-32(29)34)35-31(26-28-16-8-7-9-17-28)27-30-19-11-13-21-33(30)35/h7-13,16-23,27,34-35H,5-6,14-15,24-26H2,1-4H3. The Hall–Kier alpha value is -2.68. The van der Waals surface area contributed by atoms with E-state index >= 15 is 0 Å². The predicted molar refractivity (Wildman–Crippen MR) is 166 cm³/mol. The lowest BCUT2D eigenvalue weighted by atomic mass is 10.0. The molecule has 0 aliphatic heterocycles. The Morgan fingerprint density at radius 1 is 0.737 bits per heavy atom. The van der Waals surface area contributed by atoms with Gasteiger partial charge in [-0.05, 0) is 67.0 Å². The van der Waals surface area contributed by atoms with Crippen LogP contribution in [0, 0.1) is 0 Å². The molecule has 38 heavy (non-hydrogen) atoms. The number of hydrogen-bond donors (Lipinski definition) is 0. The summed E-state index contributed by atoms with van der Waals surface area (Å²) in [5, 5.41) is 0. The molecular formula is C36H44OSi. The Balaban J connectivity index is 1.42. The maximum atomic E-state index is 5.98. The molecule has 0 aromatic heterocycles. The summed E-state index contributed by atoms with van der Waals surface area (Å²) >= 11 is 0. The molecule has 2 aliphatic rings. The third-order valence-corrected chi connectivity index (χ3v) is 13.9. The summed E-state index contributed by atoms with van der Waals surface area (Å²) in [5.74, 6) is 0. The minimum atomic E-state index is -1.89. The minimum Gasteiger partial charge on any atom is -0.376 e. The van der Waals surface area contributed by atoms with E-state index in [2.05, 4.69) is 124 Å². The lowest BCUT2D eigenvalue weighted by Gasteiger charge is -2.41. The highest BCUT2D eigenvalue weighted by molar-refractivity contribution is 6.82.